The molecule has 1 N–H and O–H groups in total. The predicted octanol–water partition coefficient (Wildman–Crippen LogP) is 3.21. The van der Waals surface area contributed by atoms with Crippen molar-refractivity contribution in [1.82, 2.24) is 15.0 Å². The van der Waals surface area contributed by atoms with Crippen LogP contribution in [0.15, 0.2) is 27.1 Å². The lowest BCUT2D eigenvalue weighted by Gasteiger charge is -2.06. The third-order valence-electron chi connectivity index (χ3n) is 2.05. The third kappa shape index (κ3) is 3.41. The van der Waals surface area contributed by atoms with E-state index in [0.29, 0.717) is 5.95 Å². The Bertz CT molecular complexity index is 470. The van der Waals surface area contributed by atoms with Gasteiger partial charge in [0.15, 0.2) is 4.34 Å². The van der Waals surface area contributed by atoms with Gasteiger partial charge in [0.25, 0.3) is 0 Å². The van der Waals surface area contributed by atoms with E-state index in [0.717, 1.165) is 27.9 Å². The van der Waals surface area contributed by atoms with Gasteiger partial charge in [-0.15, -0.1) is 11.3 Å². The Kier molecular flexibility index (Phi) is 4.33. The maximum atomic E-state index is 4.49. The van der Waals surface area contributed by atoms with E-state index in [1.807, 2.05) is 18.5 Å². The number of rotatable bonds is 5. The van der Waals surface area contributed by atoms with Crippen molar-refractivity contribution in [2.75, 3.05) is 11.9 Å². The number of aromatic nitrogens is 3. The highest BCUT2D eigenvalue weighted by Gasteiger charge is 2.07. The first-order valence-electron chi connectivity index (χ1n) is 5.44. The lowest BCUT2D eigenvalue weighted by Crippen LogP contribution is -2.05. The molecule has 2 rings (SSSR count). The summed E-state index contributed by atoms with van der Waals surface area (Å²) in [7, 11) is 0. The first-order valence-corrected chi connectivity index (χ1v) is 7.14. The third-order valence-corrected chi connectivity index (χ3v) is 4.04. The standard InChI is InChI=1S/C11H14N4S2/c1-3-4-12-10-14-7-8(2)9(15-10)17-11-13-5-6-16-11/h5-7H,3-4H2,1-2H3,(H,12,14,15). The summed E-state index contributed by atoms with van der Waals surface area (Å²) in [6.07, 6.45) is 4.72. The Morgan fingerprint density at radius 1 is 1.41 bits per heavy atom. The van der Waals surface area contributed by atoms with E-state index in [1.165, 1.54) is 0 Å². The second kappa shape index (κ2) is 5.97. The summed E-state index contributed by atoms with van der Waals surface area (Å²) in [6.45, 7) is 5.02. The van der Waals surface area contributed by atoms with E-state index < -0.39 is 0 Å². The zero-order valence-electron chi connectivity index (χ0n) is 9.80. The van der Waals surface area contributed by atoms with Crippen molar-refractivity contribution in [1.29, 1.82) is 0 Å². The first kappa shape index (κ1) is 12.3. The second-order valence-corrected chi connectivity index (χ2v) is 5.64. The Morgan fingerprint density at radius 2 is 2.29 bits per heavy atom. The molecule has 0 aliphatic heterocycles. The summed E-state index contributed by atoms with van der Waals surface area (Å²) in [5, 5.41) is 6.12. The van der Waals surface area contributed by atoms with E-state index in [1.54, 1.807) is 29.3 Å². The Hall–Kier alpha value is -1.14. The summed E-state index contributed by atoms with van der Waals surface area (Å²) < 4.78 is 1.01. The van der Waals surface area contributed by atoms with Crippen LogP contribution in [0.3, 0.4) is 0 Å². The van der Waals surface area contributed by atoms with Gasteiger partial charge in [-0.25, -0.2) is 15.0 Å². The topological polar surface area (TPSA) is 50.7 Å². The molecule has 0 saturated carbocycles. The van der Waals surface area contributed by atoms with Crippen molar-refractivity contribution >= 4 is 29.0 Å². The van der Waals surface area contributed by atoms with Crippen LogP contribution in [0.5, 0.6) is 0 Å². The molecule has 0 fully saturated rings. The molecule has 0 saturated heterocycles. The highest BCUT2D eigenvalue weighted by atomic mass is 32.2. The fraction of sp³-hybridized carbons (Fsp3) is 0.364. The van der Waals surface area contributed by atoms with Crippen molar-refractivity contribution in [2.24, 2.45) is 0 Å². The summed E-state index contributed by atoms with van der Waals surface area (Å²) in [5.41, 5.74) is 1.08. The molecule has 0 unspecified atom stereocenters. The molecular formula is C11H14N4S2. The second-order valence-electron chi connectivity index (χ2n) is 3.51. The molecule has 0 radical (unpaired) electrons. The van der Waals surface area contributed by atoms with Crippen molar-refractivity contribution in [3.8, 4) is 0 Å². The number of aryl methyl sites for hydroxylation is 1. The van der Waals surface area contributed by atoms with E-state index >= 15 is 0 Å². The summed E-state index contributed by atoms with van der Waals surface area (Å²) >= 11 is 3.21. The molecule has 0 aromatic carbocycles. The van der Waals surface area contributed by atoms with E-state index in [4.69, 9.17) is 0 Å². The zero-order chi connectivity index (χ0) is 12.1. The molecule has 0 spiro atoms. The maximum Gasteiger partial charge on any atom is 0.223 e. The average Bonchev–Trinajstić information content (AvgIpc) is 2.83. The Balaban J connectivity index is 2.14. The zero-order valence-corrected chi connectivity index (χ0v) is 11.4. The molecule has 17 heavy (non-hydrogen) atoms. The summed E-state index contributed by atoms with van der Waals surface area (Å²) in [4.78, 5) is 13.0. The van der Waals surface area contributed by atoms with Gasteiger partial charge >= 0.3 is 0 Å². The summed E-state index contributed by atoms with van der Waals surface area (Å²) in [6, 6.07) is 0. The van der Waals surface area contributed by atoms with Crippen molar-refractivity contribution in [3.63, 3.8) is 0 Å². The fourth-order valence-corrected chi connectivity index (χ4v) is 2.78. The molecular weight excluding hydrogens is 252 g/mol. The molecule has 0 bridgehead atoms. The minimum atomic E-state index is 0.691. The van der Waals surface area contributed by atoms with Gasteiger partial charge in [0, 0.05) is 29.9 Å². The van der Waals surface area contributed by atoms with Crippen LogP contribution in [-0.2, 0) is 0 Å². The van der Waals surface area contributed by atoms with Crippen molar-refractivity contribution in [2.45, 2.75) is 29.6 Å². The number of hydrogen-bond acceptors (Lipinski definition) is 6. The number of anilines is 1. The highest BCUT2D eigenvalue weighted by molar-refractivity contribution is 8.01. The Morgan fingerprint density at radius 3 is 3.00 bits per heavy atom. The van der Waals surface area contributed by atoms with E-state index in [2.05, 4.69) is 27.2 Å². The molecule has 0 aliphatic carbocycles. The molecule has 90 valence electrons. The maximum absolute atomic E-state index is 4.49. The lowest BCUT2D eigenvalue weighted by molar-refractivity contribution is 0.925. The van der Waals surface area contributed by atoms with Gasteiger partial charge in [0.2, 0.25) is 5.95 Å². The lowest BCUT2D eigenvalue weighted by atomic mass is 10.4. The molecule has 2 aromatic heterocycles. The van der Waals surface area contributed by atoms with Crippen molar-refractivity contribution < 1.29 is 0 Å². The van der Waals surface area contributed by atoms with Crippen LogP contribution in [0.4, 0.5) is 5.95 Å². The van der Waals surface area contributed by atoms with Gasteiger partial charge in [-0.3, -0.25) is 0 Å². The van der Waals surface area contributed by atoms with Gasteiger partial charge < -0.3 is 5.32 Å². The van der Waals surface area contributed by atoms with Crippen LogP contribution in [0.1, 0.15) is 18.9 Å². The van der Waals surface area contributed by atoms with Gasteiger partial charge in [0.05, 0.1) is 0 Å². The average molecular weight is 266 g/mol. The van der Waals surface area contributed by atoms with Crippen molar-refractivity contribution in [3.05, 3.63) is 23.3 Å². The van der Waals surface area contributed by atoms with Crippen LogP contribution >= 0.6 is 23.1 Å². The first-order chi connectivity index (χ1) is 8.29. The normalized spacial score (nSPS) is 10.5. The smallest absolute Gasteiger partial charge is 0.223 e. The van der Waals surface area contributed by atoms with Gasteiger partial charge in [-0.05, 0) is 25.1 Å². The summed E-state index contributed by atoms with van der Waals surface area (Å²) in [5.74, 6) is 0.691. The fourth-order valence-electron chi connectivity index (χ4n) is 1.20. The molecule has 0 amide bonds. The number of nitrogens with zero attached hydrogens (tertiary/aromatic N) is 3. The molecule has 2 heterocycles. The largest absolute Gasteiger partial charge is 0.354 e. The number of thiazole rings is 1. The molecule has 0 aliphatic rings. The molecule has 0 atom stereocenters. The van der Waals surface area contributed by atoms with Gasteiger partial charge in [0.1, 0.15) is 5.03 Å². The number of nitrogens with one attached hydrogen (secondary N) is 1. The van der Waals surface area contributed by atoms with Gasteiger partial charge in [-0.1, -0.05) is 6.92 Å². The monoisotopic (exact) mass is 266 g/mol. The highest BCUT2D eigenvalue weighted by Crippen LogP contribution is 2.30. The minimum absolute atomic E-state index is 0.691. The van der Waals surface area contributed by atoms with E-state index in [-0.39, 0.29) is 0 Å². The van der Waals surface area contributed by atoms with Crippen LogP contribution in [0, 0.1) is 6.92 Å². The minimum Gasteiger partial charge on any atom is -0.354 e. The van der Waals surface area contributed by atoms with Crippen LogP contribution in [0.2, 0.25) is 0 Å². The van der Waals surface area contributed by atoms with Crippen LogP contribution in [0.25, 0.3) is 0 Å². The molecule has 6 heteroatoms. The SMILES string of the molecule is CCCNc1ncc(C)c(Sc2nccs2)n1. The quantitative estimate of drug-likeness (QED) is 0.842. The van der Waals surface area contributed by atoms with Crippen LogP contribution in [-0.4, -0.2) is 21.5 Å². The predicted molar refractivity (Wildman–Crippen MR) is 71.8 cm³/mol. The molecule has 4 nitrogen and oxygen atoms in total. The van der Waals surface area contributed by atoms with Crippen LogP contribution < -0.4 is 5.32 Å². The molecule has 2 aromatic rings. The van der Waals surface area contributed by atoms with Gasteiger partial charge in [-0.2, -0.15) is 0 Å². The van der Waals surface area contributed by atoms with E-state index in [9.17, 15) is 0 Å². The number of hydrogen-bond donors (Lipinski definition) is 1. The Labute approximate surface area is 109 Å².